The van der Waals surface area contributed by atoms with E-state index in [4.69, 9.17) is 4.74 Å². The number of aryl methyl sites for hydroxylation is 1. The second kappa shape index (κ2) is 11.3. The van der Waals surface area contributed by atoms with E-state index in [-0.39, 0.29) is 31.5 Å². The van der Waals surface area contributed by atoms with E-state index < -0.39 is 5.97 Å². The van der Waals surface area contributed by atoms with Crippen LogP contribution in [0.3, 0.4) is 0 Å². The van der Waals surface area contributed by atoms with Crippen LogP contribution in [0.25, 0.3) is 0 Å². The number of amides is 2. The van der Waals surface area contributed by atoms with Crippen molar-refractivity contribution in [2.45, 2.75) is 27.2 Å². The van der Waals surface area contributed by atoms with Crippen molar-refractivity contribution in [3.05, 3.63) is 46.8 Å². The van der Waals surface area contributed by atoms with Gasteiger partial charge in [-0.15, -0.1) is 11.3 Å². The first-order chi connectivity index (χ1) is 13.9. The van der Waals surface area contributed by atoms with Gasteiger partial charge in [-0.25, -0.2) is 4.79 Å². The van der Waals surface area contributed by atoms with E-state index >= 15 is 0 Å². The van der Waals surface area contributed by atoms with Crippen molar-refractivity contribution in [1.29, 1.82) is 0 Å². The molecule has 1 heterocycles. The first kappa shape index (κ1) is 22.6. The summed E-state index contributed by atoms with van der Waals surface area (Å²) in [6.07, 6.45) is 0.804. The number of thiophene rings is 1. The predicted octanol–water partition coefficient (Wildman–Crippen LogP) is 3.52. The van der Waals surface area contributed by atoms with Gasteiger partial charge < -0.3 is 15.4 Å². The molecule has 0 unspecified atom stereocenters. The zero-order valence-corrected chi connectivity index (χ0v) is 17.8. The summed E-state index contributed by atoms with van der Waals surface area (Å²) < 4.78 is 5.00. The minimum absolute atomic E-state index is 0.0508. The highest BCUT2D eigenvalue weighted by molar-refractivity contribution is 7.14. The molecule has 0 fully saturated rings. The molecule has 0 aliphatic rings. The number of anilines is 2. The standard InChI is InChI=1S/C21H27N3O4S/c1-4-11-24(13-18(25)22-17-9-7-6-8-15(17)3)14-19(26)23-20-16(10-12-29-20)21(27)28-5-2/h6-10,12H,4-5,11,13-14H2,1-3H3,(H,22,25)(H,23,26). The number of rotatable bonds is 10. The van der Waals surface area contributed by atoms with Crippen LogP contribution in [-0.4, -0.2) is 48.9 Å². The van der Waals surface area contributed by atoms with Crippen LogP contribution in [0.1, 0.15) is 36.2 Å². The third-order valence-electron chi connectivity index (χ3n) is 4.11. The second-order valence-corrected chi connectivity index (χ2v) is 7.42. The molecule has 0 saturated carbocycles. The maximum absolute atomic E-state index is 12.5. The predicted molar refractivity (Wildman–Crippen MR) is 115 cm³/mol. The molecule has 0 aliphatic heterocycles. The molecule has 8 heteroatoms. The average Bonchev–Trinajstić information content (AvgIpc) is 3.12. The summed E-state index contributed by atoms with van der Waals surface area (Å²) in [6, 6.07) is 9.17. The fourth-order valence-corrected chi connectivity index (χ4v) is 3.57. The van der Waals surface area contributed by atoms with Crippen molar-refractivity contribution in [2.75, 3.05) is 36.9 Å². The minimum Gasteiger partial charge on any atom is -0.462 e. The van der Waals surface area contributed by atoms with E-state index in [1.165, 1.54) is 11.3 Å². The number of hydrogen-bond acceptors (Lipinski definition) is 6. The Bertz CT molecular complexity index is 850. The van der Waals surface area contributed by atoms with E-state index in [0.29, 0.717) is 17.1 Å². The van der Waals surface area contributed by atoms with Crippen LogP contribution >= 0.6 is 11.3 Å². The van der Waals surface area contributed by atoms with Crippen LogP contribution in [-0.2, 0) is 14.3 Å². The largest absolute Gasteiger partial charge is 0.462 e. The summed E-state index contributed by atoms with van der Waals surface area (Å²) in [4.78, 5) is 38.6. The second-order valence-electron chi connectivity index (χ2n) is 6.51. The summed E-state index contributed by atoms with van der Waals surface area (Å²) in [5.74, 6) is -0.925. The highest BCUT2D eigenvalue weighted by Gasteiger charge is 2.19. The van der Waals surface area contributed by atoms with Gasteiger partial charge in [0.2, 0.25) is 11.8 Å². The molecule has 0 bridgehead atoms. The van der Waals surface area contributed by atoms with E-state index in [9.17, 15) is 14.4 Å². The zero-order chi connectivity index (χ0) is 21.2. The van der Waals surface area contributed by atoms with Crippen LogP contribution in [0, 0.1) is 6.92 Å². The number of carbonyl (C=O) groups is 3. The lowest BCUT2D eigenvalue weighted by Crippen LogP contribution is -2.39. The topological polar surface area (TPSA) is 87.7 Å². The molecule has 0 radical (unpaired) electrons. The van der Waals surface area contributed by atoms with Gasteiger partial charge in [-0.1, -0.05) is 25.1 Å². The lowest BCUT2D eigenvalue weighted by Gasteiger charge is -2.21. The Morgan fingerprint density at radius 1 is 1.03 bits per heavy atom. The van der Waals surface area contributed by atoms with E-state index in [1.54, 1.807) is 23.3 Å². The Morgan fingerprint density at radius 2 is 1.72 bits per heavy atom. The molecule has 0 aliphatic carbocycles. The van der Waals surface area contributed by atoms with Crippen molar-refractivity contribution in [3.63, 3.8) is 0 Å². The van der Waals surface area contributed by atoms with Crippen molar-refractivity contribution in [1.82, 2.24) is 4.90 Å². The SMILES string of the molecule is CCCN(CC(=O)Nc1ccccc1C)CC(=O)Nc1sccc1C(=O)OCC. The lowest BCUT2D eigenvalue weighted by atomic mass is 10.2. The van der Waals surface area contributed by atoms with E-state index in [0.717, 1.165) is 17.7 Å². The molecule has 2 N–H and O–H groups in total. The Hall–Kier alpha value is -2.71. The maximum Gasteiger partial charge on any atom is 0.341 e. The summed E-state index contributed by atoms with van der Waals surface area (Å²) in [5.41, 5.74) is 2.07. The molecular formula is C21H27N3O4S. The zero-order valence-electron chi connectivity index (χ0n) is 17.0. The average molecular weight is 418 g/mol. The number of para-hydroxylation sites is 1. The number of carbonyl (C=O) groups excluding carboxylic acids is 3. The van der Waals surface area contributed by atoms with E-state index in [2.05, 4.69) is 10.6 Å². The quantitative estimate of drug-likeness (QED) is 0.578. The molecule has 0 saturated heterocycles. The number of nitrogens with one attached hydrogen (secondary N) is 2. The van der Waals surface area contributed by atoms with Crippen molar-refractivity contribution in [3.8, 4) is 0 Å². The van der Waals surface area contributed by atoms with Crippen LogP contribution in [0.5, 0.6) is 0 Å². The molecule has 156 valence electrons. The van der Waals surface area contributed by atoms with Crippen molar-refractivity contribution < 1.29 is 19.1 Å². The van der Waals surface area contributed by atoms with Crippen molar-refractivity contribution in [2.24, 2.45) is 0 Å². The minimum atomic E-state index is -0.466. The van der Waals surface area contributed by atoms with Gasteiger partial charge in [0.15, 0.2) is 0 Å². The fraction of sp³-hybridized carbons (Fsp3) is 0.381. The molecule has 1 aromatic heterocycles. The normalized spacial score (nSPS) is 10.6. The van der Waals surface area contributed by atoms with Crippen LogP contribution in [0.4, 0.5) is 10.7 Å². The van der Waals surface area contributed by atoms with Gasteiger partial charge in [0, 0.05) is 5.69 Å². The number of hydrogen-bond donors (Lipinski definition) is 2. The monoisotopic (exact) mass is 417 g/mol. The van der Waals surface area contributed by atoms with Gasteiger partial charge in [-0.05, 0) is 49.9 Å². The van der Waals surface area contributed by atoms with Crippen molar-refractivity contribution >= 4 is 39.8 Å². The molecule has 1 aromatic carbocycles. The van der Waals surface area contributed by atoms with Gasteiger partial charge in [0.05, 0.1) is 25.3 Å². The third kappa shape index (κ3) is 6.99. The smallest absolute Gasteiger partial charge is 0.341 e. The number of nitrogens with zero attached hydrogens (tertiary/aromatic N) is 1. The van der Waals surface area contributed by atoms with Gasteiger partial charge >= 0.3 is 5.97 Å². The van der Waals surface area contributed by atoms with Crippen LogP contribution in [0.15, 0.2) is 35.7 Å². The molecule has 7 nitrogen and oxygen atoms in total. The number of ether oxygens (including phenoxy) is 1. The summed E-state index contributed by atoms with van der Waals surface area (Å²) >= 11 is 1.26. The maximum atomic E-state index is 12.5. The van der Waals surface area contributed by atoms with E-state index in [1.807, 2.05) is 38.1 Å². The van der Waals surface area contributed by atoms with Gasteiger partial charge in [-0.2, -0.15) is 0 Å². The number of benzene rings is 1. The molecule has 2 amide bonds. The molecule has 2 aromatic rings. The Balaban J connectivity index is 1.95. The summed E-state index contributed by atoms with van der Waals surface area (Å²) in [7, 11) is 0. The molecule has 29 heavy (non-hydrogen) atoms. The third-order valence-corrected chi connectivity index (χ3v) is 4.94. The molecular weight excluding hydrogens is 390 g/mol. The van der Waals surface area contributed by atoms with Gasteiger partial charge in [-0.3, -0.25) is 14.5 Å². The number of esters is 1. The van der Waals surface area contributed by atoms with Crippen LogP contribution < -0.4 is 10.6 Å². The first-order valence-corrected chi connectivity index (χ1v) is 10.4. The molecule has 0 atom stereocenters. The molecule has 0 spiro atoms. The lowest BCUT2D eigenvalue weighted by molar-refractivity contribution is -0.120. The Labute approximate surface area is 175 Å². The first-order valence-electron chi connectivity index (χ1n) is 9.56. The molecule has 2 rings (SSSR count). The Morgan fingerprint density at radius 3 is 2.38 bits per heavy atom. The van der Waals surface area contributed by atoms with Crippen LogP contribution in [0.2, 0.25) is 0 Å². The highest BCUT2D eigenvalue weighted by Crippen LogP contribution is 2.24. The Kier molecular flexibility index (Phi) is 8.82. The summed E-state index contributed by atoms with van der Waals surface area (Å²) in [6.45, 7) is 6.66. The van der Waals surface area contributed by atoms with Gasteiger partial charge in [0.25, 0.3) is 0 Å². The summed E-state index contributed by atoms with van der Waals surface area (Å²) in [5, 5.41) is 7.82. The fourth-order valence-electron chi connectivity index (χ4n) is 2.78. The van der Waals surface area contributed by atoms with Gasteiger partial charge in [0.1, 0.15) is 5.00 Å². The highest BCUT2D eigenvalue weighted by atomic mass is 32.1.